The van der Waals surface area contributed by atoms with Crippen LogP contribution in [-0.2, 0) is 0 Å². The number of hydrogen-bond donors (Lipinski definition) is 1. The van der Waals surface area contributed by atoms with Crippen molar-refractivity contribution < 1.29 is 4.74 Å². The van der Waals surface area contributed by atoms with Gasteiger partial charge in [-0.3, -0.25) is 0 Å². The van der Waals surface area contributed by atoms with Gasteiger partial charge in [0.25, 0.3) is 0 Å². The quantitative estimate of drug-likeness (QED) is 0.866. The lowest BCUT2D eigenvalue weighted by atomic mass is 9.73. The molecule has 2 rings (SSSR count). The van der Waals surface area contributed by atoms with Crippen molar-refractivity contribution >= 4 is 0 Å². The number of hydrogen-bond acceptors (Lipinski definition) is 2. The second-order valence-corrected chi connectivity index (χ2v) is 7.12. The molecule has 0 aromatic heterocycles. The molecule has 0 heterocycles. The van der Waals surface area contributed by atoms with Gasteiger partial charge in [0.05, 0.1) is 7.11 Å². The maximum atomic E-state index is 6.61. The lowest BCUT2D eigenvalue weighted by molar-refractivity contribution is 0.203. The SMILES string of the molecule is COc1cc(C)c(C(N)C2CCC(C(C)C)CC2)cc1C. The Bertz CT molecular complexity index is 473. The minimum absolute atomic E-state index is 0.169. The molecule has 21 heavy (non-hydrogen) atoms. The summed E-state index contributed by atoms with van der Waals surface area (Å²) in [4.78, 5) is 0. The van der Waals surface area contributed by atoms with E-state index in [0.29, 0.717) is 5.92 Å². The van der Waals surface area contributed by atoms with E-state index in [1.807, 2.05) is 0 Å². The van der Waals surface area contributed by atoms with Gasteiger partial charge in [0.2, 0.25) is 0 Å². The molecule has 0 radical (unpaired) electrons. The molecular weight excluding hydrogens is 258 g/mol. The molecule has 1 aromatic carbocycles. The summed E-state index contributed by atoms with van der Waals surface area (Å²) in [6, 6.07) is 4.53. The first-order valence-electron chi connectivity index (χ1n) is 8.34. The molecule has 1 atom stereocenters. The largest absolute Gasteiger partial charge is 0.496 e. The van der Waals surface area contributed by atoms with Crippen LogP contribution in [0.5, 0.6) is 5.75 Å². The predicted molar refractivity (Wildman–Crippen MR) is 89.7 cm³/mol. The second-order valence-electron chi connectivity index (χ2n) is 7.12. The smallest absolute Gasteiger partial charge is 0.122 e. The molecular formula is C19H31NO. The van der Waals surface area contributed by atoms with Crippen LogP contribution in [0.1, 0.15) is 62.3 Å². The Labute approximate surface area is 130 Å². The topological polar surface area (TPSA) is 35.2 Å². The maximum absolute atomic E-state index is 6.61. The van der Waals surface area contributed by atoms with Gasteiger partial charge in [-0.25, -0.2) is 0 Å². The zero-order valence-corrected chi connectivity index (χ0v) is 14.3. The number of nitrogens with two attached hydrogens (primary N) is 1. The molecule has 118 valence electrons. The van der Waals surface area contributed by atoms with E-state index in [4.69, 9.17) is 10.5 Å². The average Bonchev–Trinajstić information content (AvgIpc) is 2.48. The van der Waals surface area contributed by atoms with Gasteiger partial charge < -0.3 is 10.5 Å². The average molecular weight is 289 g/mol. The Balaban J connectivity index is 2.10. The monoisotopic (exact) mass is 289 g/mol. The molecule has 1 unspecified atom stereocenters. The highest BCUT2D eigenvalue weighted by Gasteiger charge is 2.28. The highest BCUT2D eigenvalue weighted by atomic mass is 16.5. The Morgan fingerprint density at radius 2 is 1.57 bits per heavy atom. The third-order valence-electron chi connectivity index (χ3n) is 5.41. The summed E-state index contributed by atoms with van der Waals surface area (Å²) in [6.45, 7) is 8.95. The molecule has 0 spiro atoms. The van der Waals surface area contributed by atoms with Crippen LogP contribution in [0.2, 0.25) is 0 Å². The summed E-state index contributed by atoms with van der Waals surface area (Å²) in [6.07, 6.45) is 5.22. The first-order chi connectivity index (χ1) is 9.93. The molecule has 1 saturated carbocycles. The lowest BCUT2D eigenvalue weighted by Gasteiger charge is -2.34. The molecule has 2 N–H and O–H groups in total. The Morgan fingerprint density at radius 1 is 1.00 bits per heavy atom. The predicted octanol–water partition coefficient (Wildman–Crippen LogP) is 4.77. The molecule has 1 fully saturated rings. The lowest BCUT2D eigenvalue weighted by Crippen LogP contribution is -2.28. The van der Waals surface area contributed by atoms with Crippen molar-refractivity contribution in [1.82, 2.24) is 0 Å². The first kappa shape index (κ1) is 16.4. The number of methoxy groups -OCH3 is 1. The highest BCUT2D eigenvalue weighted by Crippen LogP contribution is 2.39. The molecule has 0 saturated heterocycles. The van der Waals surface area contributed by atoms with Crippen molar-refractivity contribution in [3.63, 3.8) is 0 Å². The van der Waals surface area contributed by atoms with Gasteiger partial charge in [-0.15, -0.1) is 0 Å². The van der Waals surface area contributed by atoms with E-state index >= 15 is 0 Å². The molecule has 1 aliphatic carbocycles. The van der Waals surface area contributed by atoms with E-state index < -0.39 is 0 Å². The van der Waals surface area contributed by atoms with Gasteiger partial charge in [-0.2, -0.15) is 0 Å². The van der Waals surface area contributed by atoms with Gasteiger partial charge in [-0.1, -0.05) is 19.9 Å². The van der Waals surface area contributed by atoms with Crippen molar-refractivity contribution in [2.45, 2.75) is 59.4 Å². The molecule has 1 aromatic rings. The molecule has 0 amide bonds. The highest BCUT2D eigenvalue weighted by molar-refractivity contribution is 5.43. The first-order valence-corrected chi connectivity index (χ1v) is 8.34. The van der Waals surface area contributed by atoms with Crippen LogP contribution in [0.4, 0.5) is 0 Å². The summed E-state index contributed by atoms with van der Waals surface area (Å²) in [7, 11) is 1.73. The van der Waals surface area contributed by atoms with Gasteiger partial charge in [0, 0.05) is 6.04 Å². The number of aryl methyl sites for hydroxylation is 2. The Hall–Kier alpha value is -1.02. The standard InChI is InChI=1S/C19H31NO/c1-12(2)15-6-8-16(9-7-15)19(20)17-10-14(4)18(21-5)11-13(17)3/h10-12,15-16,19H,6-9,20H2,1-5H3. The molecule has 2 heteroatoms. The van der Waals surface area contributed by atoms with Crippen LogP contribution in [0.25, 0.3) is 0 Å². The van der Waals surface area contributed by atoms with Crippen molar-refractivity contribution in [2.75, 3.05) is 7.11 Å². The van der Waals surface area contributed by atoms with E-state index in [0.717, 1.165) is 17.6 Å². The van der Waals surface area contributed by atoms with Gasteiger partial charge >= 0.3 is 0 Å². The van der Waals surface area contributed by atoms with Crippen LogP contribution in [0.3, 0.4) is 0 Å². The fraction of sp³-hybridized carbons (Fsp3) is 0.684. The van der Waals surface area contributed by atoms with Crippen LogP contribution in [0, 0.1) is 31.6 Å². The van der Waals surface area contributed by atoms with Crippen LogP contribution >= 0.6 is 0 Å². The minimum Gasteiger partial charge on any atom is -0.496 e. The summed E-state index contributed by atoms with van der Waals surface area (Å²) < 4.78 is 5.41. The van der Waals surface area contributed by atoms with E-state index in [1.54, 1.807) is 7.11 Å². The number of ether oxygens (including phenoxy) is 1. The van der Waals surface area contributed by atoms with Gasteiger partial charge in [0.15, 0.2) is 0 Å². The van der Waals surface area contributed by atoms with E-state index in [2.05, 4.69) is 39.8 Å². The Kier molecular flexibility index (Phi) is 5.32. The zero-order chi connectivity index (χ0) is 15.6. The van der Waals surface area contributed by atoms with Crippen LogP contribution in [0.15, 0.2) is 12.1 Å². The molecule has 2 nitrogen and oxygen atoms in total. The summed E-state index contributed by atoms with van der Waals surface area (Å²) in [5, 5.41) is 0. The van der Waals surface area contributed by atoms with Crippen LogP contribution < -0.4 is 10.5 Å². The zero-order valence-electron chi connectivity index (χ0n) is 14.3. The second kappa shape index (κ2) is 6.83. The van der Waals surface area contributed by atoms with E-state index in [1.165, 1.54) is 42.4 Å². The fourth-order valence-electron chi connectivity index (χ4n) is 3.82. The maximum Gasteiger partial charge on any atom is 0.122 e. The molecule has 0 bridgehead atoms. The number of benzene rings is 1. The van der Waals surface area contributed by atoms with Crippen molar-refractivity contribution in [2.24, 2.45) is 23.5 Å². The normalized spacial score (nSPS) is 24.1. The van der Waals surface area contributed by atoms with Gasteiger partial charge in [0.1, 0.15) is 5.75 Å². The van der Waals surface area contributed by atoms with E-state index in [-0.39, 0.29) is 6.04 Å². The number of rotatable bonds is 4. The van der Waals surface area contributed by atoms with E-state index in [9.17, 15) is 0 Å². The minimum atomic E-state index is 0.169. The van der Waals surface area contributed by atoms with Crippen LogP contribution in [-0.4, -0.2) is 7.11 Å². The summed E-state index contributed by atoms with van der Waals surface area (Å²) in [5.41, 5.74) is 10.4. The van der Waals surface area contributed by atoms with Crippen molar-refractivity contribution in [1.29, 1.82) is 0 Å². The van der Waals surface area contributed by atoms with Crippen molar-refractivity contribution in [3.05, 3.63) is 28.8 Å². The molecule has 0 aliphatic heterocycles. The van der Waals surface area contributed by atoms with Crippen molar-refractivity contribution in [3.8, 4) is 5.75 Å². The summed E-state index contributed by atoms with van der Waals surface area (Å²) >= 11 is 0. The fourth-order valence-corrected chi connectivity index (χ4v) is 3.82. The van der Waals surface area contributed by atoms with Gasteiger partial charge in [-0.05, 0) is 80.0 Å². The third-order valence-corrected chi connectivity index (χ3v) is 5.41. The third kappa shape index (κ3) is 3.60. The molecule has 1 aliphatic rings. The summed E-state index contributed by atoms with van der Waals surface area (Å²) in [5.74, 6) is 3.30. The Morgan fingerprint density at radius 3 is 2.10 bits per heavy atom.